The minimum atomic E-state index is -3.42. The molecule has 1 saturated heterocycles. The van der Waals surface area contributed by atoms with E-state index in [-0.39, 0.29) is 4.90 Å². The third-order valence-electron chi connectivity index (χ3n) is 4.85. The molecule has 0 bridgehead atoms. The number of nitrogens with zero attached hydrogens (tertiary/aromatic N) is 2. The molecule has 1 aliphatic rings. The lowest BCUT2D eigenvalue weighted by Gasteiger charge is -2.29. The summed E-state index contributed by atoms with van der Waals surface area (Å²) in [6.45, 7) is 5.35. The highest BCUT2D eigenvalue weighted by Crippen LogP contribution is 2.25. The summed E-state index contributed by atoms with van der Waals surface area (Å²) in [4.78, 5) is 4.20. The van der Waals surface area contributed by atoms with Crippen molar-refractivity contribution in [3.8, 4) is 0 Å². The molecule has 2 heterocycles. The molecule has 132 valence electrons. The summed E-state index contributed by atoms with van der Waals surface area (Å²) in [6, 6.07) is 9.58. The second kappa shape index (κ2) is 7.50. The second-order valence-corrected chi connectivity index (χ2v) is 8.53. The van der Waals surface area contributed by atoms with E-state index in [1.807, 2.05) is 0 Å². The Bertz CT molecular complexity index is 832. The van der Waals surface area contributed by atoms with Crippen LogP contribution in [0.3, 0.4) is 0 Å². The van der Waals surface area contributed by atoms with Crippen LogP contribution in [0.25, 0.3) is 6.08 Å². The van der Waals surface area contributed by atoms with Crippen LogP contribution >= 0.6 is 0 Å². The smallest absolute Gasteiger partial charge is 0.244 e. The number of aromatic nitrogens is 1. The van der Waals surface area contributed by atoms with Crippen LogP contribution in [0.1, 0.15) is 29.5 Å². The van der Waals surface area contributed by atoms with E-state index in [2.05, 4.69) is 49.2 Å². The number of hydrogen-bond acceptors (Lipinski definition) is 3. The maximum atomic E-state index is 12.6. The molecular formula is C20H24N2O2S. The quantitative estimate of drug-likeness (QED) is 0.837. The van der Waals surface area contributed by atoms with Gasteiger partial charge in [0.1, 0.15) is 4.90 Å². The Balaban J connectivity index is 1.65. The van der Waals surface area contributed by atoms with Gasteiger partial charge in [0.2, 0.25) is 10.0 Å². The van der Waals surface area contributed by atoms with Crippen molar-refractivity contribution in [2.24, 2.45) is 5.92 Å². The van der Waals surface area contributed by atoms with Gasteiger partial charge in [0, 0.05) is 25.5 Å². The normalized spacial score (nSPS) is 17.2. The van der Waals surface area contributed by atoms with E-state index in [1.165, 1.54) is 22.9 Å². The fraction of sp³-hybridized carbons (Fsp3) is 0.350. The number of hydrogen-bond donors (Lipinski definition) is 0. The molecule has 2 aromatic rings. The number of benzene rings is 1. The molecule has 5 heteroatoms. The van der Waals surface area contributed by atoms with E-state index in [4.69, 9.17) is 0 Å². The number of allylic oxidation sites excluding steroid dienone is 1. The maximum absolute atomic E-state index is 12.6. The third kappa shape index (κ3) is 3.99. The molecule has 25 heavy (non-hydrogen) atoms. The zero-order chi connectivity index (χ0) is 17.9. The highest BCUT2D eigenvalue weighted by Gasteiger charge is 2.28. The zero-order valence-electron chi connectivity index (χ0n) is 14.7. The van der Waals surface area contributed by atoms with Crippen LogP contribution in [0.5, 0.6) is 0 Å². The van der Waals surface area contributed by atoms with Crippen molar-refractivity contribution in [2.45, 2.75) is 31.6 Å². The number of sulfonamides is 1. The average Bonchev–Trinajstić information content (AvgIpc) is 2.62. The number of aryl methyl sites for hydroxylation is 2. The summed E-state index contributed by atoms with van der Waals surface area (Å²) in [5.74, 6) is 0.416. The summed E-state index contributed by atoms with van der Waals surface area (Å²) in [6.07, 6.45) is 9.14. The molecule has 4 nitrogen and oxygen atoms in total. The Morgan fingerprint density at radius 1 is 1.08 bits per heavy atom. The first-order valence-corrected chi connectivity index (χ1v) is 10.1. The molecular weight excluding hydrogens is 332 g/mol. The van der Waals surface area contributed by atoms with Crippen molar-refractivity contribution in [3.05, 3.63) is 65.5 Å². The molecule has 1 fully saturated rings. The Morgan fingerprint density at radius 2 is 1.76 bits per heavy atom. The first-order chi connectivity index (χ1) is 12.0. The Labute approximate surface area is 150 Å². The van der Waals surface area contributed by atoms with Crippen LogP contribution < -0.4 is 0 Å². The highest BCUT2D eigenvalue weighted by atomic mass is 32.2. The molecule has 0 amide bonds. The van der Waals surface area contributed by atoms with E-state index in [1.54, 1.807) is 22.6 Å². The van der Waals surface area contributed by atoms with E-state index < -0.39 is 10.0 Å². The molecule has 0 radical (unpaired) electrons. The molecule has 0 N–H and O–H groups in total. The lowest BCUT2D eigenvalue weighted by Crippen LogP contribution is -2.38. The summed E-state index contributed by atoms with van der Waals surface area (Å²) >= 11 is 0. The maximum Gasteiger partial charge on any atom is 0.244 e. The lowest BCUT2D eigenvalue weighted by atomic mass is 9.95. The molecule has 0 atom stereocenters. The Kier molecular flexibility index (Phi) is 5.35. The van der Waals surface area contributed by atoms with Gasteiger partial charge in [-0.15, -0.1) is 0 Å². The summed E-state index contributed by atoms with van der Waals surface area (Å²) < 4.78 is 26.8. The van der Waals surface area contributed by atoms with Gasteiger partial charge in [0.15, 0.2) is 0 Å². The van der Waals surface area contributed by atoms with E-state index in [0.29, 0.717) is 19.0 Å². The first-order valence-electron chi connectivity index (χ1n) is 8.63. The lowest BCUT2D eigenvalue weighted by molar-refractivity contribution is 0.306. The molecule has 0 unspecified atom stereocenters. The van der Waals surface area contributed by atoms with Gasteiger partial charge in [-0.05, 0) is 61.4 Å². The Morgan fingerprint density at radius 3 is 2.36 bits per heavy atom. The van der Waals surface area contributed by atoms with Gasteiger partial charge < -0.3 is 0 Å². The van der Waals surface area contributed by atoms with Crippen LogP contribution in [0.15, 0.2) is 53.7 Å². The summed E-state index contributed by atoms with van der Waals surface area (Å²) in [5, 5.41) is 0. The molecule has 3 rings (SSSR count). The van der Waals surface area contributed by atoms with Gasteiger partial charge in [-0.2, -0.15) is 4.31 Å². The van der Waals surface area contributed by atoms with Crippen molar-refractivity contribution >= 4 is 16.1 Å². The van der Waals surface area contributed by atoms with Crippen LogP contribution in [-0.2, 0) is 10.0 Å². The van der Waals surface area contributed by atoms with Gasteiger partial charge in [0.25, 0.3) is 0 Å². The first kappa shape index (κ1) is 17.8. The molecule has 1 aromatic carbocycles. The van der Waals surface area contributed by atoms with Gasteiger partial charge in [-0.1, -0.05) is 30.4 Å². The highest BCUT2D eigenvalue weighted by molar-refractivity contribution is 7.89. The topological polar surface area (TPSA) is 50.3 Å². The predicted octanol–water partition coefficient (Wildman–Crippen LogP) is 3.81. The van der Waals surface area contributed by atoms with Crippen LogP contribution in [-0.4, -0.2) is 30.8 Å². The van der Waals surface area contributed by atoms with E-state index >= 15 is 0 Å². The summed E-state index contributed by atoms with van der Waals surface area (Å²) in [7, 11) is -3.42. The zero-order valence-corrected chi connectivity index (χ0v) is 15.5. The van der Waals surface area contributed by atoms with Crippen molar-refractivity contribution in [2.75, 3.05) is 13.1 Å². The molecule has 1 aliphatic heterocycles. The SMILES string of the molecule is Cc1cccc(C)c1/C=C/C1CCN(S(=O)(=O)c2cccnc2)CC1. The molecule has 0 spiro atoms. The Hall–Kier alpha value is -1.98. The van der Waals surface area contributed by atoms with Crippen molar-refractivity contribution in [1.82, 2.24) is 9.29 Å². The monoisotopic (exact) mass is 356 g/mol. The van der Waals surface area contributed by atoms with Gasteiger partial charge in [-0.3, -0.25) is 4.98 Å². The fourth-order valence-corrected chi connectivity index (χ4v) is 4.71. The summed E-state index contributed by atoms with van der Waals surface area (Å²) in [5.41, 5.74) is 3.81. The third-order valence-corrected chi connectivity index (χ3v) is 6.73. The second-order valence-electron chi connectivity index (χ2n) is 6.59. The van der Waals surface area contributed by atoms with E-state index in [0.717, 1.165) is 12.8 Å². The van der Waals surface area contributed by atoms with Crippen LogP contribution in [0.4, 0.5) is 0 Å². The average molecular weight is 356 g/mol. The van der Waals surface area contributed by atoms with Gasteiger partial charge in [0.05, 0.1) is 0 Å². The van der Waals surface area contributed by atoms with Crippen molar-refractivity contribution in [3.63, 3.8) is 0 Å². The minimum Gasteiger partial charge on any atom is -0.263 e. The standard InChI is InChI=1S/C20H24N2O2S/c1-16-5-3-6-17(2)20(16)9-8-18-10-13-22(14-11-18)25(23,24)19-7-4-12-21-15-19/h3-9,12,15,18H,10-11,13-14H2,1-2H3/b9-8+. The van der Waals surface area contributed by atoms with Crippen molar-refractivity contribution < 1.29 is 8.42 Å². The van der Waals surface area contributed by atoms with Gasteiger partial charge >= 0.3 is 0 Å². The largest absolute Gasteiger partial charge is 0.263 e. The van der Waals surface area contributed by atoms with Gasteiger partial charge in [-0.25, -0.2) is 8.42 Å². The number of pyridine rings is 1. The van der Waals surface area contributed by atoms with Crippen LogP contribution in [0, 0.1) is 19.8 Å². The molecule has 0 saturated carbocycles. The number of rotatable bonds is 4. The van der Waals surface area contributed by atoms with Crippen LogP contribution in [0.2, 0.25) is 0 Å². The predicted molar refractivity (Wildman–Crippen MR) is 101 cm³/mol. The number of piperidine rings is 1. The minimum absolute atomic E-state index is 0.277. The van der Waals surface area contributed by atoms with Crippen molar-refractivity contribution in [1.29, 1.82) is 0 Å². The molecule has 1 aromatic heterocycles. The molecule has 0 aliphatic carbocycles. The van der Waals surface area contributed by atoms with E-state index in [9.17, 15) is 8.42 Å². The fourth-order valence-electron chi connectivity index (χ4n) is 3.28.